The van der Waals surface area contributed by atoms with Crippen LogP contribution in [-0.4, -0.2) is 12.5 Å². The van der Waals surface area contributed by atoms with Crippen molar-refractivity contribution in [1.82, 2.24) is 0 Å². The van der Waals surface area contributed by atoms with E-state index in [9.17, 15) is 8.42 Å². The molecule has 2 unspecified atom stereocenters. The Morgan fingerprint density at radius 3 is 1.33 bits per heavy atom. The van der Waals surface area contributed by atoms with Crippen LogP contribution in [0.1, 0.15) is 24.0 Å². The van der Waals surface area contributed by atoms with Crippen LogP contribution in [0.2, 0.25) is 0 Å². The van der Waals surface area contributed by atoms with Crippen LogP contribution in [0.3, 0.4) is 0 Å². The molecular formula is C17H18O2S2. The predicted molar refractivity (Wildman–Crippen MR) is 87.1 cm³/mol. The average Bonchev–Trinajstić information content (AvgIpc) is 3.29. The van der Waals surface area contributed by atoms with E-state index in [4.69, 9.17) is 0 Å². The van der Waals surface area contributed by atoms with E-state index < -0.39 is 25.7 Å². The van der Waals surface area contributed by atoms with Crippen molar-refractivity contribution in [2.24, 2.45) is 0 Å². The first-order valence-electron chi connectivity index (χ1n) is 7.00. The molecule has 3 rings (SSSR count). The third kappa shape index (κ3) is 2.74. The van der Waals surface area contributed by atoms with Gasteiger partial charge in [-0.05, 0) is 51.0 Å². The second-order valence-electron chi connectivity index (χ2n) is 5.57. The van der Waals surface area contributed by atoms with Crippen molar-refractivity contribution in [3.63, 3.8) is 0 Å². The lowest BCUT2D eigenvalue weighted by atomic mass is 10.2. The van der Waals surface area contributed by atoms with E-state index >= 15 is 0 Å². The molecule has 2 aromatic carbocycles. The quantitative estimate of drug-likeness (QED) is 0.861. The molecule has 0 N–H and O–H groups in total. The highest BCUT2D eigenvalue weighted by molar-refractivity contribution is 8.04. The van der Waals surface area contributed by atoms with Gasteiger partial charge in [0, 0.05) is 9.79 Å². The molecule has 0 amide bonds. The minimum Gasteiger partial charge on any atom is -0.253 e. The summed E-state index contributed by atoms with van der Waals surface area (Å²) in [4.78, 5) is 1.55. The molecule has 0 spiro atoms. The molecule has 2 aromatic rings. The van der Waals surface area contributed by atoms with E-state index in [1.807, 2.05) is 62.4 Å². The summed E-state index contributed by atoms with van der Waals surface area (Å²) in [5, 5.41) is 0. The largest absolute Gasteiger partial charge is 0.253 e. The lowest BCUT2D eigenvalue weighted by Gasteiger charge is -2.15. The van der Waals surface area contributed by atoms with Crippen molar-refractivity contribution in [3.8, 4) is 0 Å². The van der Waals surface area contributed by atoms with Gasteiger partial charge in [0.15, 0.2) is 0 Å². The Morgan fingerprint density at radius 1 is 0.714 bits per heavy atom. The Hall–Kier alpha value is -1.26. The van der Waals surface area contributed by atoms with Crippen molar-refractivity contribution in [2.75, 3.05) is 0 Å². The SMILES string of the molecule is Cc1ccc(S(=O)C2(S(=O)c3ccc(C)cc3)CC2)cc1. The van der Waals surface area contributed by atoms with E-state index in [1.54, 1.807) is 0 Å². The summed E-state index contributed by atoms with van der Waals surface area (Å²) in [7, 11) is -2.45. The topological polar surface area (TPSA) is 34.1 Å². The van der Waals surface area contributed by atoms with Gasteiger partial charge in [0.2, 0.25) is 0 Å². The first-order chi connectivity index (χ1) is 10.0. The molecule has 0 saturated heterocycles. The minimum atomic E-state index is -1.23. The zero-order valence-corrected chi connectivity index (χ0v) is 13.8. The first-order valence-corrected chi connectivity index (χ1v) is 9.30. The van der Waals surface area contributed by atoms with Gasteiger partial charge in [-0.25, -0.2) is 0 Å². The van der Waals surface area contributed by atoms with Crippen LogP contribution in [0, 0.1) is 13.8 Å². The van der Waals surface area contributed by atoms with Crippen molar-refractivity contribution < 1.29 is 8.42 Å². The maximum Gasteiger partial charge on any atom is 0.130 e. The summed E-state index contributed by atoms with van der Waals surface area (Å²) in [6.45, 7) is 4.01. The Balaban J connectivity index is 1.90. The predicted octanol–water partition coefficient (Wildman–Crippen LogP) is 3.71. The van der Waals surface area contributed by atoms with Crippen LogP contribution in [0.5, 0.6) is 0 Å². The maximum atomic E-state index is 12.8. The van der Waals surface area contributed by atoms with Crippen LogP contribution < -0.4 is 0 Å². The summed E-state index contributed by atoms with van der Waals surface area (Å²) in [5.41, 5.74) is 2.28. The summed E-state index contributed by atoms with van der Waals surface area (Å²) in [5.74, 6) is 0. The maximum absolute atomic E-state index is 12.8. The van der Waals surface area contributed by atoms with E-state index in [0.717, 1.165) is 33.8 Å². The molecule has 1 saturated carbocycles. The molecule has 1 aliphatic rings. The van der Waals surface area contributed by atoms with Crippen molar-refractivity contribution in [1.29, 1.82) is 0 Å². The average molecular weight is 318 g/mol. The van der Waals surface area contributed by atoms with Gasteiger partial charge in [0.1, 0.15) is 4.08 Å². The fourth-order valence-corrected chi connectivity index (χ4v) is 5.99. The zero-order chi connectivity index (χ0) is 15.0. The van der Waals surface area contributed by atoms with Crippen molar-refractivity contribution >= 4 is 21.6 Å². The Labute approximate surface area is 130 Å². The molecule has 2 atom stereocenters. The molecule has 0 heterocycles. The lowest BCUT2D eigenvalue weighted by molar-refractivity contribution is 0.668. The van der Waals surface area contributed by atoms with Gasteiger partial charge in [-0.15, -0.1) is 0 Å². The van der Waals surface area contributed by atoms with Gasteiger partial charge in [-0.1, -0.05) is 35.4 Å². The van der Waals surface area contributed by atoms with Crippen LogP contribution in [-0.2, 0) is 21.6 Å². The third-order valence-electron chi connectivity index (χ3n) is 3.80. The molecule has 0 aromatic heterocycles. The molecule has 2 nitrogen and oxygen atoms in total. The van der Waals surface area contributed by atoms with Crippen LogP contribution in [0.25, 0.3) is 0 Å². The summed E-state index contributed by atoms with van der Waals surface area (Å²) in [6, 6.07) is 15.4. The molecule has 110 valence electrons. The lowest BCUT2D eigenvalue weighted by Crippen LogP contribution is -2.23. The molecule has 0 radical (unpaired) electrons. The highest BCUT2D eigenvalue weighted by Gasteiger charge is 2.55. The Bertz CT molecular complexity index is 639. The van der Waals surface area contributed by atoms with Gasteiger partial charge in [-0.3, -0.25) is 8.42 Å². The van der Waals surface area contributed by atoms with Gasteiger partial charge < -0.3 is 0 Å². The second kappa shape index (κ2) is 5.50. The van der Waals surface area contributed by atoms with Crippen molar-refractivity contribution in [3.05, 3.63) is 59.7 Å². The van der Waals surface area contributed by atoms with E-state index in [-0.39, 0.29) is 0 Å². The molecule has 21 heavy (non-hydrogen) atoms. The third-order valence-corrected chi connectivity index (χ3v) is 8.28. The van der Waals surface area contributed by atoms with E-state index in [0.29, 0.717) is 0 Å². The highest BCUT2D eigenvalue weighted by atomic mass is 32.2. The number of hydrogen-bond donors (Lipinski definition) is 0. The summed E-state index contributed by atoms with van der Waals surface area (Å²) in [6.07, 6.45) is 1.52. The van der Waals surface area contributed by atoms with E-state index in [1.165, 1.54) is 0 Å². The monoisotopic (exact) mass is 318 g/mol. The fourth-order valence-electron chi connectivity index (χ4n) is 2.29. The molecule has 4 heteroatoms. The first kappa shape index (κ1) is 14.7. The standard InChI is InChI=1S/C17H18O2S2/c1-13-3-7-15(8-4-13)20(18)17(11-12-17)21(19)16-9-5-14(2)6-10-16/h3-10H,11-12H2,1-2H3. The fraction of sp³-hybridized carbons (Fsp3) is 0.294. The smallest absolute Gasteiger partial charge is 0.130 e. The minimum absolute atomic E-state index is 0.593. The van der Waals surface area contributed by atoms with Crippen LogP contribution in [0.15, 0.2) is 58.3 Å². The van der Waals surface area contributed by atoms with Crippen LogP contribution in [0.4, 0.5) is 0 Å². The number of benzene rings is 2. The van der Waals surface area contributed by atoms with Gasteiger partial charge in [0.05, 0.1) is 21.6 Å². The number of rotatable bonds is 4. The normalized spacial score (nSPS) is 19.0. The summed E-state index contributed by atoms with van der Waals surface area (Å²) >= 11 is 0. The van der Waals surface area contributed by atoms with Gasteiger partial charge in [0.25, 0.3) is 0 Å². The Kier molecular flexibility index (Phi) is 3.84. The number of aryl methyl sites for hydroxylation is 2. The number of hydrogen-bond acceptors (Lipinski definition) is 2. The molecule has 1 aliphatic carbocycles. The second-order valence-corrected chi connectivity index (χ2v) is 9.41. The van der Waals surface area contributed by atoms with Gasteiger partial charge >= 0.3 is 0 Å². The van der Waals surface area contributed by atoms with Crippen LogP contribution >= 0.6 is 0 Å². The van der Waals surface area contributed by atoms with E-state index in [2.05, 4.69) is 0 Å². The highest BCUT2D eigenvalue weighted by Crippen LogP contribution is 2.49. The molecular weight excluding hydrogens is 300 g/mol. The molecule has 0 aliphatic heterocycles. The Morgan fingerprint density at radius 2 is 1.05 bits per heavy atom. The summed E-state index contributed by atoms with van der Waals surface area (Å²) < 4.78 is 25.1. The zero-order valence-electron chi connectivity index (χ0n) is 12.2. The molecule has 0 bridgehead atoms. The molecule has 1 fully saturated rings. The van der Waals surface area contributed by atoms with Gasteiger partial charge in [-0.2, -0.15) is 0 Å². The van der Waals surface area contributed by atoms with Crippen molar-refractivity contribution in [2.45, 2.75) is 40.6 Å².